The van der Waals surface area contributed by atoms with E-state index in [0.717, 1.165) is 30.2 Å². The number of ether oxygens (including phenoxy) is 1. The van der Waals surface area contributed by atoms with Crippen LogP contribution in [0.5, 0.6) is 0 Å². The Hall–Kier alpha value is -1.81. The monoisotopic (exact) mass is 278 g/mol. The first kappa shape index (κ1) is 13.2. The van der Waals surface area contributed by atoms with Gasteiger partial charge in [-0.1, -0.05) is 36.4 Å². The largest absolute Gasteiger partial charge is 0.416 e. The predicted molar refractivity (Wildman–Crippen MR) is 70.3 cm³/mol. The van der Waals surface area contributed by atoms with E-state index >= 15 is 0 Å². The van der Waals surface area contributed by atoms with Crippen LogP contribution in [-0.4, -0.2) is 12.7 Å². The average Bonchev–Trinajstić information content (AvgIpc) is 3.22. The van der Waals surface area contributed by atoms with Gasteiger partial charge in [-0.05, 0) is 28.8 Å². The molecule has 1 fully saturated rings. The molecule has 0 amide bonds. The van der Waals surface area contributed by atoms with Crippen LogP contribution in [0.25, 0.3) is 11.1 Å². The van der Waals surface area contributed by atoms with Crippen molar-refractivity contribution < 1.29 is 17.9 Å². The van der Waals surface area contributed by atoms with Crippen LogP contribution in [0.1, 0.15) is 11.1 Å². The van der Waals surface area contributed by atoms with Gasteiger partial charge in [0, 0.05) is 6.42 Å². The highest BCUT2D eigenvalue weighted by atomic mass is 19.4. The van der Waals surface area contributed by atoms with Crippen molar-refractivity contribution in [2.24, 2.45) is 0 Å². The Morgan fingerprint density at radius 3 is 2.30 bits per heavy atom. The first-order chi connectivity index (χ1) is 9.52. The minimum Gasteiger partial charge on any atom is -0.373 e. The minimum atomic E-state index is -4.31. The van der Waals surface area contributed by atoms with E-state index in [0.29, 0.717) is 5.56 Å². The van der Waals surface area contributed by atoms with Crippen LogP contribution in [0.3, 0.4) is 0 Å². The van der Waals surface area contributed by atoms with Crippen molar-refractivity contribution in [3.05, 3.63) is 59.7 Å². The number of halogens is 3. The zero-order valence-corrected chi connectivity index (χ0v) is 10.7. The summed E-state index contributed by atoms with van der Waals surface area (Å²) in [5, 5.41) is 0. The van der Waals surface area contributed by atoms with E-state index in [4.69, 9.17) is 4.74 Å². The third kappa shape index (κ3) is 3.02. The minimum absolute atomic E-state index is 0.270. The summed E-state index contributed by atoms with van der Waals surface area (Å²) in [6, 6.07) is 13.0. The molecule has 0 radical (unpaired) electrons. The number of epoxide rings is 1. The molecule has 1 heterocycles. The number of alkyl halides is 3. The Morgan fingerprint density at radius 2 is 1.65 bits per heavy atom. The molecule has 0 aromatic heterocycles. The lowest BCUT2D eigenvalue weighted by Crippen LogP contribution is -2.04. The Morgan fingerprint density at radius 1 is 1.00 bits per heavy atom. The fourth-order valence-corrected chi connectivity index (χ4v) is 2.20. The molecule has 104 valence electrons. The van der Waals surface area contributed by atoms with Crippen LogP contribution in [0, 0.1) is 0 Å². The van der Waals surface area contributed by atoms with Gasteiger partial charge in [0.1, 0.15) is 0 Å². The molecule has 1 aliphatic heterocycles. The van der Waals surface area contributed by atoms with Gasteiger partial charge >= 0.3 is 6.18 Å². The third-order valence-electron chi connectivity index (χ3n) is 3.32. The van der Waals surface area contributed by atoms with Gasteiger partial charge < -0.3 is 4.74 Å². The summed E-state index contributed by atoms with van der Waals surface area (Å²) < 4.78 is 43.4. The van der Waals surface area contributed by atoms with E-state index in [1.165, 1.54) is 12.1 Å². The SMILES string of the molecule is FC(F)(F)c1cccc(-c2cccc(CC3CO3)c2)c1. The van der Waals surface area contributed by atoms with Gasteiger partial charge in [0.05, 0.1) is 18.3 Å². The molecule has 0 N–H and O–H groups in total. The highest BCUT2D eigenvalue weighted by Crippen LogP contribution is 2.32. The van der Waals surface area contributed by atoms with Crippen LogP contribution in [0.2, 0.25) is 0 Å². The summed E-state index contributed by atoms with van der Waals surface area (Å²) >= 11 is 0. The van der Waals surface area contributed by atoms with E-state index in [9.17, 15) is 13.2 Å². The van der Waals surface area contributed by atoms with Crippen LogP contribution in [-0.2, 0) is 17.3 Å². The highest BCUT2D eigenvalue weighted by Gasteiger charge is 2.30. The lowest BCUT2D eigenvalue weighted by Gasteiger charge is -2.09. The Balaban J connectivity index is 1.91. The fourth-order valence-electron chi connectivity index (χ4n) is 2.20. The Bertz CT molecular complexity index is 615. The maximum Gasteiger partial charge on any atom is 0.416 e. The molecule has 1 saturated heterocycles. The van der Waals surface area contributed by atoms with Gasteiger partial charge in [-0.2, -0.15) is 13.2 Å². The lowest BCUT2D eigenvalue weighted by molar-refractivity contribution is -0.137. The van der Waals surface area contributed by atoms with Gasteiger partial charge in [0.25, 0.3) is 0 Å². The maximum atomic E-state index is 12.7. The van der Waals surface area contributed by atoms with Crippen LogP contribution in [0.4, 0.5) is 13.2 Å². The van der Waals surface area contributed by atoms with Crippen molar-refractivity contribution in [3.8, 4) is 11.1 Å². The molecule has 4 heteroatoms. The molecule has 2 aromatic rings. The van der Waals surface area contributed by atoms with Crippen molar-refractivity contribution in [2.75, 3.05) is 6.61 Å². The molecule has 0 spiro atoms. The van der Waals surface area contributed by atoms with Gasteiger partial charge in [-0.25, -0.2) is 0 Å². The summed E-state index contributed by atoms with van der Waals surface area (Å²) in [6.07, 6.45) is -3.23. The summed E-state index contributed by atoms with van der Waals surface area (Å²) in [5.74, 6) is 0. The second-order valence-corrected chi connectivity index (χ2v) is 4.94. The molecular weight excluding hydrogens is 265 g/mol. The summed E-state index contributed by atoms with van der Waals surface area (Å²) in [4.78, 5) is 0. The lowest BCUT2D eigenvalue weighted by atomic mass is 9.99. The Labute approximate surface area is 115 Å². The second kappa shape index (κ2) is 4.94. The van der Waals surface area contributed by atoms with Crippen LogP contribution < -0.4 is 0 Å². The van der Waals surface area contributed by atoms with E-state index in [2.05, 4.69) is 0 Å². The number of rotatable bonds is 3. The van der Waals surface area contributed by atoms with Crippen LogP contribution in [0.15, 0.2) is 48.5 Å². The second-order valence-electron chi connectivity index (χ2n) is 4.94. The van der Waals surface area contributed by atoms with E-state index in [1.807, 2.05) is 24.3 Å². The molecule has 2 aromatic carbocycles. The van der Waals surface area contributed by atoms with E-state index in [1.54, 1.807) is 6.07 Å². The number of hydrogen-bond acceptors (Lipinski definition) is 1. The molecular formula is C16H13F3O. The molecule has 20 heavy (non-hydrogen) atoms. The van der Waals surface area contributed by atoms with Gasteiger partial charge in [-0.3, -0.25) is 0 Å². The van der Waals surface area contributed by atoms with Crippen molar-refractivity contribution in [1.29, 1.82) is 0 Å². The molecule has 0 aliphatic carbocycles. The zero-order chi connectivity index (χ0) is 14.2. The number of hydrogen-bond donors (Lipinski definition) is 0. The van der Waals surface area contributed by atoms with Gasteiger partial charge in [-0.15, -0.1) is 0 Å². The van der Waals surface area contributed by atoms with E-state index in [-0.39, 0.29) is 6.10 Å². The van der Waals surface area contributed by atoms with Gasteiger partial charge in [0.2, 0.25) is 0 Å². The Kier molecular flexibility index (Phi) is 3.26. The normalized spacial score (nSPS) is 18.1. The van der Waals surface area contributed by atoms with Crippen molar-refractivity contribution in [2.45, 2.75) is 18.7 Å². The zero-order valence-electron chi connectivity index (χ0n) is 10.7. The smallest absolute Gasteiger partial charge is 0.373 e. The quantitative estimate of drug-likeness (QED) is 0.762. The standard InChI is InChI=1S/C16H13F3O/c17-16(18,19)14-6-2-5-13(9-14)12-4-1-3-11(7-12)8-15-10-20-15/h1-7,9,15H,8,10H2. The van der Waals surface area contributed by atoms with Crippen molar-refractivity contribution >= 4 is 0 Å². The average molecular weight is 278 g/mol. The fraction of sp³-hybridized carbons (Fsp3) is 0.250. The molecule has 1 aliphatic rings. The van der Waals surface area contributed by atoms with Crippen LogP contribution >= 0.6 is 0 Å². The summed E-state index contributed by atoms with van der Waals surface area (Å²) in [7, 11) is 0. The predicted octanol–water partition coefficient (Wildman–Crippen LogP) is 4.31. The molecule has 1 atom stereocenters. The topological polar surface area (TPSA) is 12.5 Å². The first-order valence-corrected chi connectivity index (χ1v) is 6.40. The first-order valence-electron chi connectivity index (χ1n) is 6.40. The molecule has 0 bridgehead atoms. The molecule has 3 rings (SSSR count). The van der Waals surface area contributed by atoms with Crippen molar-refractivity contribution in [3.63, 3.8) is 0 Å². The summed E-state index contributed by atoms with van der Waals surface area (Å²) in [5.41, 5.74) is 1.85. The maximum absolute atomic E-state index is 12.7. The molecule has 1 unspecified atom stereocenters. The highest BCUT2D eigenvalue weighted by molar-refractivity contribution is 5.65. The summed E-state index contributed by atoms with van der Waals surface area (Å²) in [6.45, 7) is 0.772. The van der Waals surface area contributed by atoms with E-state index < -0.39 is 11.7 Å². The molecule has 0 saturated carbocycles. The molecule has 1 nitrogen and oxygen atoms in total. The van der Waals surface area contributed by atoms with Crippen molar-refractivity contribution in [1.82, 2.24) is 0 Å². The third-order valence-corrected chi connectivity index (χ3v) is 3.32. The van der Waals surface area contributed by atoms with Gasteiger partial charge in [0.15, 0.2) is 0 Å². The number of benzene rings is 2.